The van der Waals surface area contributed by atoms with E-state index in [4.69, 9.17) is 34.1 Å². The molecule has 282 valence electrons. The predicted molar refractivity (Wildman–Crippen MR) is 204 cm³/mol. The number of halogens is 1. The van der Waals surface area contributed by atoms with Crippen LogP contribution in [-0.2, 0) is 19.6 Å². The van der Waals surface area contributed by atoms with Crippen molar-refractivity contribution in [2.24, 2.45) is 0 Å². The Morgan fingerprint density at radius 3 is 1.98 bits per heavy atom. The van der Waals surface area contributed by atoms with Crippen LogP contribution in [0.15, 0.2) is 73.1 Å². The van der Waals surface area contributed by atoms with E-state index in [-0.39, 0.29) is 11.9 Å². The molecule has 6 rings (SSSR count). The van der Waals surface area contributed by atoms with Gasteiger partial charge in [-0.25, -0.2) is 24.1 Å². The van der Waals surface area contributed by atoms with E-state index in [2.05, 4.69) is 20.1 Å². The fourth-order valence-electron chi connectivity index (χ4n) is 6.11. The number of aryl methyl sites for hydroxylation is 1. The molecule has 1 saturated heterocycles. The molecule has 0 unspecified atom stereocenters. The van der Waals surface area contributed by atoms with Crippen molar-refractivity contribution in [3.05, 3.63) is 101 Å². The van der Waals surface area contributed by atoms with E-state index in [1.165, 1.54) is 19.4 Å². The van der Waals surface area contributed by atoms with Crippen molar-refractivity contribution < 1.29 is 23.4 Å². The lowest BCUT2D eigenvalue weighted by Crippen LogP contribution is -2.51. The summed E-state index contributed by atoms with van der Waals surface area (Å²) in [5.41, 5.74) is 3.98. The third-order valence-corrected chi connectivity index (χ3v) is 8.96. The van der Waals surface area contributed by atoms with Crippen LogP contribution >= 0.6 is 0 Å². The molecule has 1 N–H and O–H groups in total. The van der Waals surface area contributed by atoms with E-state index < -0.39 is 5.82 Å². The number of rotatable bonds is 13. The summed E-state index contributed by atoms with van der Waals surface area (Å²) in [6, 6.07) is 19.1. The highest BCUT2D eigenvalue weighted by Crippen LogP contribution is 2.31. The predicted octanol–water partition coefficient (Wildman–Crippen LogP) is 5.55. The largest absolute Gasteiger partial charge is 0.497 e. The van der Waals surface area contributed by atoms with Gasteiger partial charge >= 0.3 is 6.03 Å². The molecule has 0 saturated carbocycles. The number of amides is 2. The van der Waals surface area contributed by atoms with Gasteiger partial charge in [-0.2, -0.15) is 9.97 Å². The van der Waals surface area contributed by atoms with Gasteiger partial charge in [0.1, 0.15) is 23.1 Å². The number of carbonyl (C=O) groups excluding carboxylic acids is 1. The maximum absolute atomic E-state index is 14.7. The van der Waals surface area contributed by atoms with E-state index in [0.717, 1.165) is 28.2 Å². The van der Waals surface area contributed by atoms with E-state index >= 15 is 0 Å². The Morgan fingerprint density at radius 1 is 0.796 bits per heavy atom. The van der Waals surface area contributed by atoms with Crippen LogP contribution in [0.25, 0.3) is 11.4 Å². The number of pyridine rings is 2. The SMILES string of the molecule is COc1ccc(CN(Cc2ccc(OC)cc2)c2nc(C)nc(-c3cc(CN4CCN(C(=O)N(C)C)CC4)cnc3Nc3cnc(OC)c(F)c3)n2)cc1. The first-order valence-electron chi connectivity index (χ1n) is 17.5. The molecule has 54 heavy (non-hydrogen) atoms. The lowest BCUT2D eigenvalue weighted by atomic mass is 10.1. The highest BCUT2D eigenvalue weighted by molar-refractivity contribution is 5.75. The fourth-order valence-corrected chi connectivity index (χ4v) is 6.11. The van der Waals surface area contributed by atoms with Crippen LogP contribution < -0.4 is 24.4 Å². The molecule has 1 aliphatic heterocycles. The van der Waals surface area contributed by atoms with Gasteiger partial charge in [0, 0.05) is 72.2 Å². The smallest absolute Gasteiger partial charge is 0.319 e. The Labute approximate surface area is 314 Å². The second-order valence-corrected chi connectivity index (χ2v) is 13.1. The number of hydrogen-bond acceptors (Lipinski definition) is 12. The molecule has 0 bridgehead atoms. The molecule has 1 fully saturated rings. The number of nitrogens with zero attached hydrogens (tertiary/aromatic N) is 9. The van der Waals surface area contributed by atoms with Crippen molar-refractivity contribution in [2.45, 2.75) is 26.6 Å². The van der Waals surface area contributed by atoms with Crippen LogP contribution in [0.1, 0.15) is 22.5 Å². The molecule has 0 atom stereocenters. The Hall–Kier alpha value is -6.09. The summed E-state index contributed by atoms with van der Waals surface area (Å²) in [6.07, 6.45) is 3.26. The quantitative estimate of drug-likeness (QED) is 0.162. The van der Waals surface area contributed by atoms with Gasteiger partial charge in [0.25, 0.3) is 0 Å². The summed E-state index contributed by atoms with van der Waals surface area (Å²) in [7, 11) is 8.18. The molecular formula is C39H45FN10O4. The molecule has 0 spiro atoms. The number of methoxy groups -OCH3 is 3. The van der Waals surface area contributed by atoms with Gasteiger partial charge in [-0.15, -0.1) is 0 Å². The molecule has 2 aromatic carbocycles. The number of carbonyl (C=O) groups is 1. The molecule has 3 aromatic heterocycles. The summed E-state index contributed by atoms with van der Waals surface area (Å²) in [5, 5.41) is 3.22. The molecule has 4 heterocycles. The first-order chi connectivity index (χ1) is 26.1. The first-order valence-corrected chi connectivity index (χ1v) is 17.5. The van der Waals surface area contributed by atoms with Gasteiger partial charge in [-0.05, 0) is 53.9 Å². The van der Waals surface area contributed by atoms with E-state index in [0.29, 0.717) is 80.5 Å². The van der Waals surface area contributed by atoms with Crippen LogP contribution in [0.3, 0.4) is 0 Å². The summed E-state index contributed by atoms with van der Waals surface area (Å²) in [5.74, 6) is 2.61. The average Bonchev–Trinajstić information content (AvgIpc) is 3.18. The van der Waals surface area contributed by atoms with E-state index in [9.17, 15) is 9.18 Å². The molecule has 0 radical (unpaired) electrons. The van der Waals surface area contributed by atoms with Crippen molar-refractivity contribution in [3.8, 4) is 28.8 Å². The van der Waals surface area contributed by atoms with Crippen LogP contribution in [0.5, 0.6) is 17.4 Å². The standard InChI is InChI=1S/C39H45FN10O4/c1-26-43-36(46-38(44-26)50(24-27-7-11-31(52-4)12-8-27)25-28-9-13-32(53-5)14-10-28)33-19-29(23-48-15-17-49(18-16-48)39(51)47(2)3)21-41-35(33)45-30-20-34(40)37(54-6)42-22-30/h7-14,19-22H,15-18,23-25H2,1-6H3,(H,41,45). The number of benzene rings is 2. The van der Waals surface area contributed by atoms with Crippen molar-refractivity contribution in [1.82, 2.24) is 39.6 Å². The Bertz CT molecular complexity index is 1990. The van der Waals surface area contributed by atoms with Crippen molar-refractivity contribution in [3.63, 3.8) is 0 Å². The minimum atomic E-state index is -0.612. The maximum Gasteiger partial charge on any atom is 0.319 e. The lowest BCUT2D eigenvalue weighted by Gasteiger charge is -2.36. The highest BCUT2D eigenvalue weighted by Gasteiger charge is 2.24. The number of piperazine rings is 1. The van der Waals surface area contributed by atoms with Gasteiger partial charge < -0.3 is 34.2 Å². The summed E-state index contributed by atoms with van der Waals surface area (Å²) in [4.78, 5) is 43.9. The van der Waals surface area contributed by atoms with Gasteiger partial charge in [0.15, 0.2) is 11.6 Å². The third kappa shape index (κ3) is 9.28. The Morgan fingerprint density at radius 2 is 1.43 bits per heavy atom. The van der Waals surface area contributed by atoms with Crippen molar-refractivity contribution in [1.29, 1.82) is 0 Å². The van der Waals surface area contributed by atoms with Crippen LogP contribution in [0.2, 0.25) is 0 Å². The van der Waals surface area contributed by atoms with E-state index in [1.807, 2.05) is 66.4 Å². The van der Waals surface area contributed by atoms with E-state index in [1.54, 1.807) is 39.4 Å². The molecule has 0 aliphatic carbocycles. The Kier molecular flexibility index (Phi) is 12.0. The highest BCUT2D eigenvalue weighted by atomic mass is 19.1. The molecule has 1 aliphatic rings. The zero-order valence-corrected chi connectivity index (χ0v) is 31.4. The topological polar surface area (TPSA) is 134 Å². The summed E-state index contributed by atoms with van der Waals surface area (Å²) >= 11 is 0. The van der Waals surface area contributed by atoms with Gasteiger partial charge in [-0.1, -0.05) is 24.3 Å². The zero-order valence-electron chi connectivity index (χ0n) is 31.4. The van der Waals surface area contributed by atoms with Gasteiger partial charge in [-0.3, -0.25) is 4.90 Å². The van der Waals surface area contributed by atoms with Crippen LogP contribution in [0, 0.1) is 12.7 Å². The van der Waals surface area contributed by atoms with Gasteiger partial charge in [0.05, 0.1) is 38.8 Å². The number of aromatic nitrogens is 5. The lowest BCUT2D eigenvalue weighted by molar-refractivity contribution is 0.120. The number of anilines is 3. The second-order valence-electron chi connectivity index (χ2n) is 13.1. The third-order valence-electron chi connectivity index (χ3n) is 8.96. The number of urea groups is 1. The minimum Gasteiger partial charge on any atom is -0.497 e. The Balaban J connectivity index is 1.36. The molecule has 2 amide bonds. The molecule has 14 nitrogen and oxygen atoms in total. The second kappa shape index (κ2) is 17.2. The number of ether oxygens (including phenoxy) is 3. The van der Waals surface area contributed by atoms with Crippen LogP contribution in [-0.4, -0.2) is 107 Å². The number of nitrogens with one attached hydrogen (secondary N) is 1. The summed E-state index contributed by atoms with van der Waals surface area (Å²) in [6.45, 7) is 6.11. The normalized spacial score (nSPS) is 13.0. The molecule has 5 aromatic rings. The fraction of sp³-hybridized carbons (Fsp3) is 0.333. The first kappa shape index (κ1) is 37.7. The van der Waals surface area contributed by atoms with Gasteiger partial charge in [0.2, 0.25) is 11.8 Å². The monoisotopic (exact) mass is 736 g/mol. The van der Waals surface area contributed by atoms with Crippen LogP contribution in [0.4, 0.5) is 26.6 Å². The molecular weight excluding hydrogens is 691 g/mol. The van der Waals surface area contributed by atoms with Crippen molar-refractivity contribution >= 4 is 23.5 Å². The van der Waals surface area contributed by atoms with Crippen molar-refractivity contribution in [2.75, 3.05) is 71.8 Å². The maximum atomic E-state index is 14.7. The zero-order chi connectivity index (χ0) is 38.2. The molecule has 15 heteroatoms. The average molecular weight is 737 g/mol. The summed E-state index contributed by atoms with van der Waals surface area (Å²) < 4.78 is 30.5. The minimum absolute atomic E-state index is 0.00697. The number of hydrogen-bond donors (Lipinski definition) is 1.